The second-order valence-electron chi connectivity index (χ2n) is 4.83. The van der Waals surface area contributed by atoms with Crippen molar-refractivity contribution in [3.63, 3.8) is 0 Å². The number of rotatable bonds is 3. The van der Waals surface area contributed by atoms with Crippen molar-refractivity contribution < 1.29 is 4.79 Å². The van der Waals surface area contributed by atoms with Gasteiger partial charge in [-0.2, -0.15) is 0 Å². The van der Waals surface area contributed by atoms with Crippen LogP contribution in [-0.4, -0.2) is 15.9 Å². The molecule has 0 atom stereocenters. The Balaban J connectivity index is 1.72. The Morgan fingerprint density at radius 1 is 1.24 bits per heavy atom. The predicted molar refractivity (Wildman–Crippen MR) is 84.9 cm³/mol. The summed E-state index contributed by atoms with van der Waals surface area (Å²) in [5.41, 5.74) is 3.69. The second kappa shape index (κ2) is 5.63. The fourth-order valence-electron chi connectivity index (χ4n) is 2.18. The van der Waals surface area contributed by atoms with Crippen LogP contribution in [0.1, 0.15) is 11.4 Å². The predicted octanol–water partition coefficient (Wildman–Crippen LogP) is 3.52. The van der Waals surface area contributed by atoms with Gasteiger partial charge in [0, 0.05) is 34.6 Å². The molecule has 104 valence electrons. The van der Waals surface area contributed by atoms with Crippen LogP contribution >= 0.6 is 0 Å². The Bertz CT molecular complexity index is 803. The number of aromatic amines is 1. The molecule has 0 radical (unpaired) electrons. The van der Waals surface area contributed by atoms with Crippen LogP contribution < -0.4 is 5.32 Å². The maximum absolute atomic E-state index is 11.9. The monoisotopic (exact) mass is 277 g/mol. The highest BCUT2D eigenvalue weighted by Crippen LogP contribution is 2.19. The van der Waals surface area contributed by atoms with Crippen LogP contribution in [-0.2, 0) is 4.79 Å². The van der Waals surface area contributed by atoms with Crippen molar-refractivity contribution in [1.29, 1.82) is 0 Å². The van der Waals surface area contributed by atoms with Gasteiger partial charge in [-0.25, -0.2) is 0 Å². The van der Waals surface area contributed by atoms with E-state index >= 15 is 0 Å². The van der Waals surface area contributed by atoms with Gasteiger partial charge in [-0.05, 0) is 49.4 Å². The molecule has 0 bridgehead atoms. The van der Waals surface area contributed by atoms with E-state index in [-0.39, 0.29) is 5.91 Å². The number of carbonyl (C=O) groups excluding carboxylic acids is 1. The number of nitrogens with one attached hydrogen (secondary N) is 2. The molecule has 21 heavy (non-hydrogen) atoms. The molecule has 3 aromatic rings. The Labute approximate surface area is 122 Å². The fourth-order valence-corrected chi connectivity index (χ4v) is 2.18. The number of nitrogens with zero attached hydrogens (tertiary/aromatic N) is 1. The van der Waals surface area contributed by atoms with E-state index < -0.39 is 0 Å². The fraction of sp³-hybridized carbons (Fsp3) is 0.0588. The number of amides is 1. The average molecular weight is 277 g/mol. The molecule has 1 aromatic carbocycles. The summed E-state index contributed by atoms with van der Waals surface area (Å²) in [7, 11) is 0. The molecule has 2 N–H and O–H groups in total. The average Bonchev–Trinajstić information content (AvgIpc) is 2.85. The summed E-state index contributed by atoms with van der Waals surface area (Å²) >= 11 is 0. The lowest BCUT2D eigenvalue weighted by atomic mass is 10.2. The minimum Gasteiger partial charge on any atom is -0.359 e. The summed E-state index contributed by atoms with van der Waals surface area (Å²) in [4.78, 5) is 19.3. The molecule has 4 nitrogen and oxygen atoms in total. The van der Waals surface area contributed by atoms with E-state index in [0.717, 1.165) is 28.0 Å². The van der Waals surface area contributed by atoms with Crippen LogP contribution in [0.25, 0.3) is 17.0 Å². The van der Waals surface area contributed by atoms with Gasteiger partial charge in [-0.3, -0.25) is 9.78 Å². The quantitative estimate of drug-likeness (QED) is 0.720. The minimum atomic E-state index is -0.174. The van der Waals surface area contributed by atoms with Gasteiger partial charge in [0.15, 0.2) is 0 Å². The molecule has 0 aliphatic heterocycles. The molecule has 2 aromatic heterocycles. The largest absolute Gasteiger partial charge is 0.359 e. The maximum Gasteiger partial charge on any atom is 0.248 e. The first-order chi connectivity index (χ1) is 10.2. The van der Waals surface area contributed by atoms with Crippen molar-refractivity contribution in [3.8, 4) is 0 Å². The van der Waals surface area contributed by atoms with Crippen molar-refractivity contribution in [3.05, 3.63) is 66.1 Å². The summed E-state index contributed by atoms with van der Waals surface area (Å²) in [6, 6.07) is 13.4. The van der Waals surface area contributed by atoms with Gasteiger partial charge < -0.3 is 10.3 Å². The molecule has 0 aliphatic rings. The first-order valence-corrected chi connectivity index (χ1v) is 6.70. The van der Waals surface area contributed by atoms with E-state index in [1.807, 2.05) is 43.3 Å². The van der Waals surface area contributed by atoms with Crippen LogP contribution in [0, 0.1) is 6.92 Å². The first kappa shape index (κ1) is 13.1. The number of aromatic nitrogens is 2. The Morgan fingerprint density at radius 3 is 2.95 bits per heavy atom. The van der Waals surface area contributed by atoms with Crippen LogP contribution in [0.3, 0.4) is 0 Å². The summed E-state index contributed by atoms with van der Waals surface area (Å²) < 4.78 is 0. The highest BCUT2D eigenvalue weighted by atomic mass is 16.1. The third-order valence-corrected chi connectivity index (χ3v) is 3.12. The molecule has 0 spiro atoms. The zero-order valence-electron chi connectivity index (χ0n) is 11.6. The summed E-state index contributed by atoms with van der Waals surface area (Å²) in [5.74, 6) is -0.174. The molecule has 0 saturated carbocycles. The topological polar surface area (TPSA) is 57.8 Å². The molecule has 1 amide bonds. The Hall–Kier alpha value is -2.88. The molecular formula is C17H15N3O. The molecule has 3 rings (SSSR count). The van der Waals surface area contributed by atoms with Crippen LogP contribution in [0.2, 0.25) is 0 Å². The maximum atomic E-state index is 11.9. The van der Waals surface area contributed by atoms with E-state index in [1.54, 1.807) is 12.3 Å². The minimum absolute atomic E-state index is 0.174. The lowest BCUT2D eigenvalue weighted by molar-refractivity contribution is -0.111. The third-order valence-electron chi connectivity index (χ3n) is 3.12. The highest BCUT2D eigenvalue weighted by molar-refractivity contribution is 6.02. The summed E-state index contributed by atoms with van der Waals surface area (Å²) in [6.07, 6.45) is 4.86. The number of hydrogen-bond donors (Lipinski definition) is 2. The SMILES string of the molecule is Cc1cc2cc(NC(=O)/C=C/c3ccccn3)ccc2[nH]1. The van der Waals surface area contributed by atoms with Crippen molar-refractivity contribution in [1.82, 2.24) is 9.97 Å². The number of carbonyl (C=O) groups is 1. The van der Waals surface area contributed by atoms with Crippen molar-refractivity contribution in [2.75, 3.05) is 5.32 Å². The lowest BCUT2D eigenvalue weighted by Gasteiger charge is -2.02. The van der Waals surface area contributed by atoms with Gasteiger partial charge in [0.2, 0.25) is 5.91 Å². The van der Waals surface area contributed by atoms with E-state index in [9.17, 15) is 4.79 Å². The normalized spacial score (nSPS) is 11.1. The van der Waals surface area contributed by atoms with Crippen molar-refractivity contribution in [2.45, 2.75) is 6.92 Å². The van der Waals surface area contributed by atoms with Gasteiger partial charge in [0.05, 0.1) is 5.69 Å². The van der Waals surface area contributed by atoms with Crippen molar-refractivity contribution >= 4 is 28.6 Å². The van der Waals surface area contributed by atoms with Crippen molar-refractivity contribution in [2.24, 2.45) is 0 Å². The van der Waals surface area contributed by atoms with E-state index in [2.05, 4.69) is 21.4 Å². The number of H-pyrrole nitrogens is 1. The van der Waals surface area contributed by atoms with Crippen LogP contribution in [0.15, 0.2) is 54.7 Å². The van der Waals surface area contributed by atoms with Crippen LogP contribution in [0.5, 0.6) is 0 Å². The number of pyridine rings is 1. The first-order valence-electron chi connectivity index (χ1n) is 6.70. The second-order valence-corrected chi connectivity index (χ2v) is 4.83. The van der Waals surface area contributed by atoms with Gasteiger partial charge in [0.1, 0.15) is 0 Å². The van der Waals surface area contributed by atoms with E-state index in [0.29, 0.717) is 0 Å². The van der Waals surface area contributed by atoms with Gasteiger partial charge in [0.25, 0.3) is 0 Å². The highest BCUT2D eigenvalue weighted by Gasteiger charge is 2.01. The third kappa shape index (κ3) is 3.17. The standard InChI is InChI=1S/C17H15N3O/c1-12-10-13-11-15(5-7-16(13)19-12)20-17(21)8-6-14-4-2-3-9-18-14/h2-11,19H,1H3,(H,20,21)/b8-6+. The molecule has 2 heterocycles. The van der Waals surface area contributed by atoms with E-state index in [1.165, 1.54) is 6.08 Å². The number of anilines is 1. The zero-order chi connectivity index (χ0) is 14.7. The molecule has 0 aliphatic carbocycles. The summed E-state index contributed by atoms with van der Waals surface area (Å²) in [6.45, 7) is 2.01. The number of hydrogen-bond acceptors (Lipinski definition) is 2. The Kier molecular flexibility index (Phi) is 3.51. The van der Waals surface area contributed by atoms with Crippen LogP contribution in [0.4, 0.5) is 5.69 Å². The summed E-state index contributed by atoms with van der Waals surface area (Å²) in [5, 5.41) is 3.93. The number of benzene rings is 1. The van der Waals surface area contributed by atoms with Gasteiger partial charge in [-0.1, -0.05) is 6.07 Å². The van der Waals surface area contributed by atoms with Gasteiger partial charge >= 0.3 is 0 Å². The molecular weight excluding hydrogens is 262 g/mol. The smallest absolute Gasteiger partial charge is 0.248 e. The molecule has 0 fully saturated rings. The molecule has 0 unspecified atom stereocenters. The Morgan fingerprint density at radius 2 is 2.14 bits per heavy atom. The number of aryl methyl sites for hydroxylation is 1. The van der Waals surface area contributed by atoms with Gasteiger partial charge in [-0.15, -0.1) is 0 Å². The molecule has 0 saturated heterocycles. The lowest BCUT2D eigenvalue weighted by Crippen LogP contribution is -2.07. The van der Waals surface area contributed by atoms with E-state index in [4.69, 9.17) is 0 Å². The zero-order valence-corrected chi connectivity index (χ0v) is 11.6. The number of fused-ring (bicyclic) bond motifs is 1. The molecule has 4 heteroatoms.